The van der Waals surface area contributed by atoms with Crippen LogP contribution in [0, 0.1) is 0 Å². The lowest BCUT2D eigenvalue weighted by Gasteiger charge is -2.23. The van der Waals surface area contributed by atoms with Crippen molar-refractivity contribution >= 4 is 17.4 Å². The van der Waals surface area contributed by atoms with E-state index in [0.29, 0.717) is 5.88 Å². The fraction of sp³-hybridized carbons (Fsp3) is 0.333. The summed E-state index contributed by atoms with van der Waals surface area (Å²) in [5, 5.41) is 0. The van der Waals surface area contributed by atoms with Gasteiger partial charge in [-0.25, -0.2) is 9.97 Å². The molecule has 19 heavy (non-hydrogen) atoms. The minimum absolute atomic E-state index is 0.453. The van der Waals surface area contributed by atoms with Crippen molar-refractivity contribution in [3.8, 4) is 0 Å². The molecular weight excluding hydrogens is 258 g/mol. The van der Waals surface area contributed by atoms with Crippen molar-refractivity contribution in [1.29, 1.82) is 0 Å². The lowest BCUT2D eigenvalue weighted by atomic mass is 10.0. The smallest absolute Gasteiger partial charge is 0.136 e. The number of rotatable bonds is 2. The Hall–Kier alpha value is -1.61. The number of halogens is 1. The van der Waals surface area contributed by atoms with Crippen molar-refractivity contribution in [1.82, 2.24) is 9.97 Å². The highest BCUT2D eigenvalue weighted by Gasteiger charge is 2.17. The number of nitrogens with zero attached hydrogens (tertiary/aromatic N) is 3. The van der Waals surface area contributed by atoms with E-state index in [1.54, 1.807) is 6.33 Å². The molecule has 0 saturated carbocycles. The van der Waals surface area contributed by atoms with Crippen LogP contribution in [-0.4, -0.2) is 16.5 Å². The molecule has 0 bridgehead atoms. The van der Waals surface area contributed by atoms with E-state index in [1.165, 1.54) is 11.1 Å². The summed E-state index contributed by atoms with van der Waals surface area (Å²) < 4.78 is 0. The first kappa shape index (κ1) is 12.4. The van der Waals surface area contributed by atoms with Gasteiger partial charge in [-0.1, -0.05) is 24.3 Å². The summed E-state index contributed by atoms with van der Waals surface area (Å²) in [6.45, 7) is 1.91. The number of fused-ring (bicyclic) bond motifs is 1. The Morgan fingerprint density at radius 3 is 2.89 bits per heavy atom. The van der Waals surface area contributed by atoms with E-state index in [9.17, 15) is 0 Å². The summed E-state index contributed by atoms with van der Waals surface area (Å²) in [7, 11) is 0. The standard InChI is InChI=1S/C15H16ClN3/c16-8-14-9-17-11-18-15(14)19-7-3-6-12-4-1-2-5-13(12)10-19/h1-2,4-5,9,11H,3,6-8,10H2. The third-order valence-corrected chi connectivity index (χ3v) is 3.85. The Bertz CT molecular complexity index is 571. The molecule has 2 heterocycles. The molecule has 1 aromatic carbocycles. The van der Waals surface area contributed by atoms with Gasteiger partial charge in [-0.15, -0.1) is 11.6 Å². The summed E-state index contributed by atoms with van der Waals surface area (Å²) >= 11 is 5.99. The zero-order valence-corrected chi connectivity index (χ0v) is 11.5. The van der Waals surface area contributed by atoms with Crippen LogP contribution < -0.4 is 4.90 Å². The van der Waals surface area contributed by atoms with E-state index in [4.69, 9.17) is 11.6 Å². The molecular formula is C15H16ClN3. The van der Waals surface area contributed by atoms with Gasteiger partial charge >= 0.3 is 0 Å². The zero-order chi connectivity index (χ0) is 13.1. The molecule has 1 aromatic heterocycles. The third-order valence-electron chi connectivity index (χ3n) is 3.56. The van der Waals surface area contributed by atoms with Crippen molar-refractivity contribution in [2.24, 2.45) is 0 Å². The summed E-state index contributed by atoms with van der Waals surface area (Å²) in [5.41, 5.74) is 3.84. The molecule has 98 valence electrons. The molecule has 0 N–H and O–H groups in total. The fourth-order valence-electron chi connectivity index (χ4n) is 2.61. The Morgan fingerprint density at radius 2 is 2.05 bits per heavy atom. The van der Waals surface area contributed by atoms with Gasteiger partial charge in [0.15, 0.2) is 0 Å². The van der Waals surface area contributed by atoms with Crippen molar-refractivity contribution < 1.29 is 0 Å². The molecule has 0 radical (unpaired) electrons. The number of benzene rings is 1. The zero-order valence-electron chi connectivity index (χ0n) is 10.7. The summed E-state index contributed by atoms with van der Waals surface area (Å²) in [6, 6.07) is 8.64. The fourth-order valence-corrected chi connectivity index (χ4v) is 2.80. The highest BCUT2D eigenvalue weighted by molar-refractivity contribution is 6.17. The molecule has 0 atom stereocenters. The molecule has 0 unspecified atom stereocenters. The van der Waals surface area contributed by atoms with Crippen LogP contribution in [0.4, 0.5) is 5.82 Å². The maximum Gasteiger partial charge on any atom is 0.136 e. The first-order chi connectivity index (χ1) is 9.38. The van der Waals surface area contributed by atoms with Crippen molar-refractivity contribution in [3.05, 3.63) is 53.5 Å². The van der Waals surface area contributed by atoms with Gasteiger partial charge in [-0.3, -0.25) is 0 Å². The quantitative estimate of drug-likeness (QED) is 0.787. The minimum atomic E-state index is 0.453. The number of aryl methyl sites for hydroxylation is 1. The Morgan fingerprint density at radius 1 is 1.21 bits per heavy atom. The van der Waals surface area contributed by atoms with Crippen molar-refractivity contribution in [2.45, 2.75) is 25.3 Å². The van der Waals surface area contributed by atoms with Gasteiger partial charge in [0.1, 0.15) is 12.1 Å². The van der Waals surface area contributed by atoms with Gasteiger partial charge in [0.05, 0.1) is 5.88 Å². The van der Waals surface area contributed by atoms with Crippen LogP contribution in [0.3, 0.4) is 0 Å². The van der Waals surface area contributed by atoms with Crippen LogP contribution in [0.25, 0.3) is 0 Å². The average Bonchev–Trinajstić information content (AvgIpc) is 2.69. The summed E-state index contributed by atoms with van der Waals surface area (Å²) in [6.07, 6.45) is 5.69. The van der Waals surface area contributed by atoms with E-state index in [2.05, 4.69) is 39.1 Å². The van der Waals surface area contributed by atoms with Crippen molar-refractivity contribution in [3.63, 3.8) is 0 Å². The largest absolute Gasteiger partial charge is 0.352 e. The minimum Gasteiger partial charge on any atom is -0.352 e. The van der Waals surface area contributed by atoms with Crippen LogP contribution in [0.1, 0.15) is 23.1 Å². The van der Waals surface area contributed by atoms with Gasteiger partial charge in [0, 0.05) is 24.8 Å². The third kappa shape index (κ3) is 2.56. The molecule has 0 saturated heterocycles. The van der Waals surface area contributed by atoms with Crippen molar-refractivity contribution in [2.75, 3.05) is 11.4 Å². The van der Waals surface area contributed by atoms with Crippen LogP contribution in [0.5, 0.6) is 0 Å². The molecule has 3 nitrogen and oxygen atoms in total. The summed E-state index contributed by atoms with van der Waals surface area (Å²) in [5.74, 6) is 1.43. The molecule has 1 aliphatic heterocycles. The van der Waals surface area contributed by atoms with Gasteiger partial charge < -0.3 is 4.90 Å². The lowest BCUT2D eigenvalue weighted by Crippen LogP contribution is -2.24. The molecule has 3 rings (SSSR count). The van der Waals surface area contributed by atoms with Gasteiger partial charge in [-0.05, 0) is 24.0 Å². The Balaban J connectivity index is 1.94. The second-order valence-corrected chi connectivity index (χ2v) is 5.07. The van der Waals surface area contributed by atoms with E-state index < -0.39 is 0 Å². The second kappa shape index (κ2) is 5.57. The monoisotopic (exact) mass is 273 g/mol. The maximum atomic E-state index is 5.99. The molecule has 0 fully saturated rings. The van der Waals surface area contributed by atoms with E-state index in [-0.39, 0.29) is 0 Å². The highest BCUT2D eigenvalue weighted by atomic mass is 35.5. The second-order valence-electron chi connectivity index (χ2n) is 4.80. The first-order valence-electron chi connectivity index (χ1n) is 6.55. The van der Waals surface area contributed by atoms with Crippen LogP contribution in [-0.2, 0) is 18.8 Å². The normalized spacial score (nSPS) is 14.9. The van der Waals surface area contributed by atoms with E-state index in [0.717, 1.165) is 37.3 Å². The number of hydrogen-bond donors (Lipinski definition) is 0. The lowest BCUT2D eigenvalue weighted by molar-refractivity contribution is 0.748. The molecule has 1 aliphatic rings. The first-order valence-corrected chi connectivity index (χ1v) is 7.08. The number of anilines is 1. The Labute approximate surface area is 118 Å². The van der Waals surface area contributed by atoms with E-state index >= 15 is 0 Å². The molecule has 0 spiro atoms. The molecule has 0 amide bonds. The van der Waals surface area contributed by atoms with Gasteiger partial charge in [-0.2, -0.15) is 0 Å². The topological polar surface area (TPSA) is 29.0 Å². The molecule has 2 aromatic rings. The number of hydrogen-bond acceptors (Lipinski definition) is 3. The van der Waals surface area contributed by atoms with Crippen LogP contribution >= 0.6 is 11.6 Å². The van der Waals surface area contributed by atoms with Crippen LogP contribution in [0.2, 0.25) is 0 Å². The molecule has 0 aliphatic carbocycles. The van der Waals surface area contributed by atoms with Gasteiger partial charge in [0.2, 0.25) is 0 Å². The number of alkyl halides is 1. The van der Waals surface area contributed by atoms with Crippen LogP contribution in [0.15, 0.2) is 36.8 Å². The highest BCUT2D eigenvalue weighted by Crippen LogP contribution is 2.25. The molecule has 4 heteroatoms. The Kier molecular flexibility index (Phi) is 3.65. The average molecular weight is 274 g/mol. The SMILES string of the molecule is ClCc1cncnc1N1CCCc2ccccc2C1. The maximum absolute atomic E-state index is 5.99. The predicted octanol–water partition coefficient (Wildman–Crippen LogP) is 3.17. The van der Waals surface area contributed by atoms with Gasteiger partial charge in [0.25, 0.3) is 0 Å². The predicted molar refractivity (Wildman–Crippen MR) is 77.4 cm³/mol. The summed E-state index contributed by atoms with van der Waals surface area (Å²) in [4.78, 5) is 10.8. The van der Waals surface area contributed by atoms with E-state index in [1.807, 2.05) is 6.20 Å². The number of aromatic nitrogens is 2.